The zero-order valence-electron chi connectivity index (χ0n) is 10.4. The van der Waals surface area contributed by atoms with Crippen molar-refractivity contribution >= 4 is 5.78 Å². The van der Waals surface area contributed by atoms with Crippen LogP contribution in [0.4, 0.5) is 0 Å². The van der Waals surface area contributed by atoms with E-state index < -0.39 is 0 Å². The Hall–Kier alpha value is -0.870. The Bertz CT molecular complexity index is 283. The van der Waals surface area contributed by atoms with E-state index in [1.807, 2.05) is 13.8 Å². The lowest BCUT2D eigenvalue weighted by molar-refractivity contribution is -0.149. The monoisotopic (exact) mass is 228 g/mol. The van der Waals surface area contributed by atoms with E-state index in [0.717, 1.165) is 0 Å². The Morgan fingerprint density at radius 3 is 2.50 bits per heavy atom. The van der Waals surface area contributed by atoms with Gasteiger partial charge >= 0.3 is 0 Å². The molecule has 0 radical (unpaired) electrons. The number of ether oxygens (including phenoxy) is 3. The third kappa shape index (κ3) is 3.06. The number of carbonyl (C=O) groups is 1. The first-order valence-electron chi connectivity index (χ1n) is 5.71. The number of hydrogen-bond donors (Lipinski definition) is 0. The van der Waals surface area contributed by atoms with Crippen LogP contribution in [0.15, 0.2) is 11.3 Å². The van der Waals surface area contributed by atoms with Crippen LogP contribution in [0.1, 0.15) is 34.1 Å². The van der Waals surface area contributed by atoms with E-state index in [1.165, 1.54) is 6.92 Å². The van der Waals surface area contributed by atoms with Crippen molar-refractivity contribution in [1.29, 1.82) is 0 Å². The van der Waals surface area contributed by atoms with Crippen molar-refractivity contribution < 1.29 is 19.0 Å². The van der Waals surface area contributed by atoms with Crippen LogP contribution in [0.5, 0.6) is 0 Å². The molecule has 0 aromatic carbocycles. The minimum Gasteiger partial charge on any atom is -0.469 e. The van der Waals surface area contributed by atoms with Gasteiger partial charge in [-0.25, -0.2) is 0 Å². The largest absolute Gasteiger partial charge is 0.469 e. The summed E-state index contributed by atoms with van der Waals surface area (Å²) in [4.78, 5) is 11.5. The van der Waals surface area contributed by atoms with Gasteiger partial charge in [0.25, 0.3) is 0 Å². The molecule has 1 heterocycles. The number of allylic oxidation sites excluding steroid dienone is 1. The molecule has 4 nitrogen and oxygen atoms in total. The van der Waals surface area contributed by atoms with E-state index >= 15 is 0 Å². The summed E-state index contributed by atoms with van der Waals surface area (Å²) in [6.45, 7) is 8.32. The molecular formula is C12H20O4. The van der Waals surface area contributed by atoms with E-state index in [-0.39, 0.29) is 18.2 Å². The third-order valence-corrected chi connectivity index (χ3v) is 2.52. The standard InChI is InChI=1S/C12H20O4/c1-5-14-10-7-11(15-6-2)16-9(4)12(10)8(3)13/h10-11H,5-7H2,1-4H3. The second-order valence-electron chi connectivity index (χ2n) is 3.71. The Balaban J connectivity index is 2.84. The van der Waals surface area contributed by atoms with Gasteiger partial charge in [-0.15, -0.1) is 0 Å². The maximum atomic E-state index is 11.5. The molecule has 1 rings (SSSR count). The maximum absolute atomic E-state index is 11.5. The van der Waals surface area contributed by atoms with E-state index in [9.17, 15) is 4.79 Å². The van der Waals surface area contributed by atoms with Gasteiger partial charge in [-0.2, -0.15) is 0 Å². The molecule has 2 unspecified atom stereocenters. The summed E-state index contributed by atoms with van der Waals surface area (Å²) in [5.74, 6) is 0.626. The molecule has 0 bridgehead atoms. The molecule has 0 aromatic heterocycles. The highest BCUT2D eigenvalue weighted by Gasteiger charge is 2.31. The molecule has 4 heteroatoms. The molecule has 2 atom stereocenters. The Morgan fingerprint density at radius 1 is 1.38 bits per heavy atom. The molecule has 0 fully saturated rings. The van der Waals surface area contributed by atoms with Crippen molar-refractivity contribution in [2.45, 2.75) is 46.5 Å². The van der Waals surface area contributed by atoms with Gasteiger partial charge in [0, 0.05) is 19.6 Å². The quantitative estimate of drug-likeness (QED) is 0.722. The molecule has 1 aliphatic rings. The predicted octanol–water partition coefficient (Wildman–Crippen LogP) is 2.04. The molecule has 1 aliphatic heterocycles. The molecule has 92 valence electrons. The topological polar surface area (TPSA) is 44.8 Å². The smallest absolute Gasteiger partial charge is 0.202 e. The van der Waals surface area contributed by atoms with Crippen LogP contribution in [0.2, 0.25) is 0 Å². The Kier molecular flexibility index (Phi) is 4.96. The maximum Gasteiger partial charge on any atom is 0.202 e. The predicted molar refractivity (Wildman–Crippen MR) is 59.9 cm³/mol. The van der Waals surface area contributed by atoms with Crippen LogP contribution in [0, 0.1) is 0 Å². The highest BCUT2D eigenvalue weighted by Crippen LogP contribution is 2.27. The molecule has 0 saturated carbocycles. The Labute approximate surface area is 96.6 Å². The van der Waals surface area contributed by atoms with Crippen molar-refractivity contribution in [3.05, 3.63) is 11.3 Å². The number of hydrogen-bond acceptors (Lipinski definition) is 4. The second kappa shape index (κ2) is 6.01. The fourth-order valence-electron chi connectivity index (χ4n) is 1.94. The number of Topliss-reactive ketones (excluding diaryl/α,β-unsaturated/α-hetero) is 1. The van der Waals surface area contributed by atoms with Gasteiger partial charge in [-0.3, -0.25) is 4.79 Å². The summed E-state index contributed by atoms with van der Waals surface area (Å²) in [5.41, 5.74) is 0.637. The zero-order chi connectivity index (χ0) is 12.1. The van der Waals surface area contributed by atoms with Gasteiger partial charge in [-0.05, 0) is 27.7 Å². The minimum absolute atomic E-state index is 0.00546. The summed E-state index contributed by atoms with van der Waals surface area (Å²) < 4.78 is 16.5. The fourth-order valence-corrected chi connectivity index (χ4v) is 1.94. The first-order chi connectivity index (χ1) is 7.60. The van der Waals surface area contributed by atoms with Crippen molar-refractivity contribution in [3.8, 4) is 0 Å². The average Bonchev–Trinajstić information content (AvgIpc) is 2.17. The fraction of sp³-hybridized carbons (Fsp3) is 0.750. The first kappa shape index (κ1) is 13.2. The lowest BCUT2D eigenvalue weighted by atomic mass is 9.99. The van der Waals surface area contributed by atoms with E-state index in [2.05, 4.69) is 0 Å². The average molecular weight is 228 g/mol. The van der Waals surface area contributed by atoms with E-state index in [0.29, 0.717) is 31.0 Å². The van der Waals surface area contributed by atoms with Crippen molar-refractivity contribution in [2.75, 3.05) is 13.2 Å². The number of rotatable bonds is 5. The lowest BCUT2D eigenvalue weighted by Crippen LogP contribution is -2.34. The first-order valence-corrected chi connectivity index (χ1v) is 5.71. The minimum atomic E-state index is -0.301. The highest BCUT2D eigenvalue weighted by molar-refractivity contribution is 5.94. The summed E-state index contributed by atoms with van der Waals surface area (Å²) in [6, 6.07) is 0. The number of carbonyl (C=O) groups excluding carboxylic acids is 1. The summed E-state index contributed by atoms with van der Waals surface area (Å²) in [6.07, 6.45) is 0.0750. The van der Waals surface area contributed by atoms with Crippen molar-refractivity contribution in [1.82, 2.24) is 0 Å². The van der Waals surface area contributed by atoms with E-state index in [4.69, 9.17) is 14.2 Å². The SMILES string of the molecule is CCOC1CC(OCC)C(C(C)=O)=C(C)O1. The van der Waals surface area contributed by atoms with Crippen molar-refractivity contribution in [3.63, 3.8) is 0 Å². The molecule has 0 N–H and O–H groups in total. The Morgan fingerprint density at radius 2 is 2.00 bits per heavy atom. The normalized spacial score (nSPS) is 25.5. The molecule has 0 aromatic rings. The lowest BCUT2D eigenvalue weighted by Gasteiger charge is -2.31. The van der Waals surface area contributed by atoms with Crippen LogP contribution >= 0.6 is 0 Å². The molecule has 0 amide bonds. The van der Waals surface area contributed by atoms with Gasteiger partial charge in [-0.1, -0.05) is 0 Å². The third-order valence-electron chi connectivity index (χ3n) is 2.52. The van der Waals surface area contributed by atoms with E-state index in [1.54, 1.807) is 6.92 Å². The van der Waals surface area contributed by atoms with Crippen molar-refractivity contribution in [2.24, 2.45) is 0 Å². The summed E-state index contributed by atoms with van der Waals surface area (Å²) in [5, 5.41) is 0. The molecule has 16 heavy (non-hydrogen) atoms. The van der Waals surface area contributed by atoms with Crippen LogP contribution in [-0.4, -0.2) is 31.4 Å². The second-order valence-corrected chi connectivity index (χ2v) is 3.71. The summed E-state index contributed by atoms with van der Waals surface area (Å²) >= 11 is 0. The van der Waals surface area contributed by atoms with Crippen LogP contribution in [-0.2, 0) is 19.0 Å². The van der Waals surface area contributed by atoms with Crippen LogP contribution < -0.4 is 0 Å². The summed E-state index contributed by atoms with van der Waals surface area (Å²) in [7, 11) is 0. The zero-order valence-corrected chi connectivity index (χ0v) is 10.4. The van der Waals surface area contributed by atoms with Gasteiger partial charge in [0.1, 0.15) is 5.76 Å². The molecule has 0 spiro atoms. The van der Waals surface area contributed by atoms with Gasteiger partial charge < -0.3 is 14.2 Å². The molecular weight excluding hydrogens is 208 g/mol. The molecule has 0 saturated heterocycles. The number of ketones is 1. The molecule has 0 aliphatic carbocycles. The van der Waals surface area contributed by atoms with Gasteiger partial charge in [0.15, 0.2) is 5.78 Å². The highest BCUT2D eigenvalue weighted by atomic mass is 16.7. The van der Waals surface area contributed by atoms with Gasteiger partial charge in [0.2, 0.25) is 6.29 Å². The van der Waals surface area contributed by atoms with Crippen LogP contribution in [0.25, 0.3) is 0 Å². The van der Waals surface area contributed by atoms with Crippen LogP contribution in [0.3, 0.4) is 0 Å². The van der Waals surface area contributed by atoms with Gasteiger partial charge in [0.05, 0.1) is 11.7 Å².